The van der Waals surface area contributed by atoms with Crippen LogP contribution in [0.3, 0.4) is 0 Å². The number of rotatable bonds is 5. The van der Waals surface area contributed by atoms with Gasteiger partial charge in [0.15, 0.2) is 5.78 Å². The van der Waals surface area contributed by atoms with Gasteiger partial charge in [0.2, 0.25) is 5.79 Å². The van der Waals surface area contributed by atoms with E-state index in [0.717, 1.165) is 27.8 Å². The highest BCUT2D eigenvalue weighted by Gasteiger charge is 2.96. The van der Waals surface area contributed by atoms with Crippen LogP contribution in [0, 0.1) is 29.1 Å². The van der Waals surface area contributed by atoms with Gasteiger partial charge >= 0.3 is 0 Å². The molecule has 3 fully saturated rings. The number of ketones is 1. The van der Waals surface area contributed by atoms with Crippen LogP contribution in [0.5, 0.6) is 0 Å². The monoisotopic (exact) mass is 636 g/mol. The summed E-state index contributed by atoms with van der Waals surface area (Å²) in [5, 5.41) is 0.478. The number of hydrogen-bond donors (Lipinski definition) is 0. The second-order valence-corrected chi connectivity index (χ2v) is 14.3. The van der Waals surface area contributed by atoms with Gasteiger partial charge in [-0.3, -0.25) is 4.79 Å². The first-order valence-corrected chi connectivity index (χ1v) is 15.7. The Morgan fingerprint density at radius 3 is 1.52 bits per heavy atom. The van der Waals surface area contributed by atoms with E-state index >= 15 is 4.79 Å². The van der Waals surface area contributed by atoms with Gasteiger partial charge in [-0.05, 0) is 58.4 Å². The highest BCUT2D eigenvalue weighted by Crippen LogP contribution is 2.90. The summed E-state index contributed by atoms with van der Waals surface area (Å²) < 4.78 is 12.3. The molecule has 0 spiro atoms. The Morgan fingerprint density at radius 2 is 1.05 bits per heavy atom. The van der Waals surface area contributed by atoms with Gasteiger partial charge in [-0.25, -0.2) is 0 Å². The average molecular weight is 638 g/mol. The van der Waals surface area contributed by atoms with Gasteiger partial charge in [0.1, 0.15) is 9.75 Å². The molecule has 0 radical (unpaired) electrons. The van der Waals surface area contributed by atoms with Crippen LogP contribution in [-0.2, 0) is 19.7 Å². The number of carbonyl (C=O) groups excluding carboxylic acids is 1. The minimum Gasteiger partial charge on any atom is -0.350 e. The van der Waals surface area contributed by atoms with Crippen LogP contribution in [0.2, 0.25) is 0 Å². The summed E-state index contributed by atoms with van der Waals surface area (Å²) in [5.41, 5.74) is 3.11. The highest BCUT2D eigenvalue weighted by atomic mass is 35.5. The minimum absolute atomic E-state index is 0.163. The number of halogens is 4. The van der Waals surface area contributed by atoms with Crippen molar-refractivity contribution in [2.45, 2.75) is 27.9 Å². The number of hydrogen-bond acceptors (Lipinski definition) is 3. The molecule has 5 aliphatic carbocycles. The van der Waals surface area contributed by atoms with E-state index in [1.165, 1.54) is 14.2 Å². The lowest BCUT2D eigenvalue weighted by Crippen LogP contribution is -2.63. The molecule has 0 unspecified atom stereocenters. The van der Waals surface area contributed by atoms with Crippen molar-refractivity contribution in [2.24, 2.45) is 29.1 Å². The molecule has 8 rings (SSSR count). The molecular formula is C35H28Cl4O3. The van der Waals surface area contributed by atoms with Crippen molar-refractivity contribution >= 4 is 63.3 Å². The number of allylic oxidation sites excluding steroid dienone is 2. The molecule has 0 amide bonds. The number of carbonyl (C=O) groups is 1. The fourth-order valence-electron chi connectivity index (χ4n) is 10.2. The Kier molecular flexibility index (Phi) is 5.57. The second kappa shape index (κ2) is 8.53. The maximum absolute atomic E-state index is 15.5. The largest absolute Gasteiger partial charge is 0.350 e. The van der Waals surface area contributed by atoms with E-state index in [2.05, 4.69) is 43.3 Å². The third kappa shape index (κ3) is 2.49. The molecule has 3 nitrogen and oxygen atoms in total. The first-order valence-electron chi connectivity index (χ1n) is 14.2. The van der Waals surface area contributed by atoms with Crippen molar-refractivity contribution in [3.63, 3.8) is 0 Å². The molecule has 42 heavy (non-hydrogen) atoms. The van der Waals surface area contributed by atoms with E-state index < -0.39 is 26.4 Å². The van der Waals surface area contributed by atoms with Gasteiger partial charge in [-0.15, -0.1) is 23.2 Å². The van der Waals surface area contributed by atoms with Crippen molar-refractivity contribution in [1.29, 1.82) is 0 Å². The second-order valence-electron chi connectivity index (χ2n) is 12.4. The molecule has 5 aliphatic rings. The Bertz CT molecular complexity index is 1720. The van der Waals surface area contributed by atoms with Crippen molar-refractivity contribution in [2.75, 3.05) is 14.2 Å². The quantitative estimate of drug-likeness (QED) is 0.209. The number of methoxy groups -OCH3 is 2. The average Bonchev–Trinajstić information content (AvgIpc) is 3.42. The van der Waals surface area contributed by atoms with Crippen LogP contribution in [0.25, 0.3) is 11.1 Å². The van der Waals surface area contributed by atoms with E-state index in [0.29, 0.717) is 0 Å². The molecule has 0 aliphatic heterocycles. The highest BCUT2D eigenvalue weighted by molar-refractivity contribution is 6.52. The van der Waals surface area contributed by atoms with E-state index in [9.17, 15) is 0 Å². The number of ether oxygens (including phenoxy) is 2. The van der Waals surface area contributed by atoms with Gasteiger partial charge in [-0.1, -0.05) is 114 Å². The number of Topliss-reactive ketones (excluding diaryl/α,β-unsaturated/α-hetero) is 1. The molecular weight excluding hydrogens is 610 g/mol. The summed E-state index contributed by atoms with van der Waals surface area (Å²) in [6, 6.07) is 30.6. The molecule has 7 heteroatoms. The van der Waals surface area contributed by atoms with E-state index in [1.54, 1.807) is 0 Å². The molecule has 4 bridgehead atoms. The fraction of sp³-hybridized carbons (Fsp3) is 0.343. The molecule has 0 N–H and O–H groups in total. The molecule has 0 heterocycles. The van der Waals surface area contributed by atoms with E-state index in [1.807, 2.05) is 54.6 Å². The molecule has 3 saturated carbocycles. The van der Waals surface area contributed by atoms with Crippen LogP contribution in [0.15, 0.2) is 101 Å². The van der Waals surface area contributed by atoms with Crippen molar-refractivity contribution in [3.8, 4) is 0 Å². The normalized spacial score (nSPS) is 40.4. The maximum atomic E-state index is 15.5. The van der Waals surface area contributed by atoms with Crippen molar-refractivity contribution < 1.29 is 14.3 Å². The number of benzene rings is 3. The van der Waals surface area contributed by atoms with Crippen LogP contribution in [-0.4, -0.2) is 35.5 Å². The topological polar surface area (TPSA) is 35.5 Å². The predicted octanol–water partition coefficient (Wildman–Crippen LogP) is 8.28. The molecule has 3 aromatic rings. The summed E-state index contributed by atoms with van der Waals surface area (Å²) >= 11 is 29.4. The van der Waals surface area contributed by atoms with Gasteiger partial charge in [0, 0.05) is 14.2 Å². The zero-order valence-corrected chi connectivity index (χ0v) is 26.2. The van der Waals surface area contributed by atoms with Gasteiger partial charge in [0.05, 0.1) is 20.9 Å². The Morgan fingerprint density at radius 1 is 0.619 bits per heavy atom. The van der Waals surface area contributed by atoms with Gasteiger partial charge in [0.25, 0.3) is 0 Å². The van der Waals surface area contributed by atoms with Gasteiger partial charge in [-0.2, -0.15) is 0 Å². The summed E-state index contributed by atoms with van der Waals surface area (Å²) in [4.78, 5) is 12.7. The van der Waals surface area contributed by atoms with E-state index in [-0.39, 0.29) is 39.5 Å². The Balaban J connectivity index is 1.51. The lowest BCUT2D eigenvalue weighted by Gasteiger charge is -2.62. The Labute approximate surface area is 265 Å². The van der Waals surface area contributed by atoms with Crippen LogP contribution in [0.4, 0.5) is 0 Å². The van der Waals surface area contributed by atoms with Crippen molar-refractivity contribution in [3.05, 3.63) is 118 Å². The van der Waals surface area contributed by atoms with Crippen LogP contribution >= 0.6 is 46.4 Å². The first kappa shape index (κ1) is 27.4. The summed E-state index contributed by atoms with van der Waals surface area (Å²) in [7, 11) is 3.07. The lowest BCUT2D eigenvalue weighted by atomic mass is 9.41. The third-order valence-corrected chi connectivity index (χ3v) is 14.0. The summed E-state index contributed by atoms with van der Waals surface area (Å²) in [6.07, 6.45) is 0. The predicted molar refractivity (Wildman–Crippen MR) is 168 cm³/mol. The number of fused-ring (bicyclic) bond motifs is 12. The molecule has 0 aromatic heterocycles. The zero-order valence-electron chi connectivity index (χ0n) is 23.2. The molecule has 214 valence electrons. The Hall–Kier alpha value is -2.11. The van der Waals surface area contributed by atoms with Crippen molar-refractivity contribution in [1.82, 2.24) is 0 Å². The van der Waals surface area contributed by atoms with Crippen LogP contribution < -0.4 is 0 Å². The fourth-order valence-corrected chi connectivity index (χ4v) is 12.5. The smallest absolute Gasteiger partial charge is 0.217 e. The van der Waals surface area contributed by atoms with Gasteiger partial charge < -0.3 is 9.47 Å². The standard InChI is InChI=1S/C35H28Cl4O3/c1-31-22(19-13-7-4-8-14-19)23(20-15-9-5-10-16-20)32(30(31)40,21-17-11-6-12-18-21)25-24(31)26-27(25)34(39)29(37)28(36)33(26,38)35(34,41-2)42-3/h4-18,24-27H,1-3H3/t24-,25+,26+,27-,31+,32+,33+,34+/m1/s1. The summed E-state index contributed by atoms with van der Waals surface area (Å²) in [6.45, 7) is 2.10. The van der Waals surface area contributed by atoms with E-state index in [4.69, 9.17) is 55.9 Å². The third-order valence-electron chi connectivity index (χ3n) is 11.3. The first-order chi connectivity index (χ1) is 20.1. The molecule has 8 atom stereocenters. The lowest BCUT2D eigenvalue weighted by molar-refractivity contribution is -0.219. The number of alkyl halides is 2. The maximum Gasteiger partial charge on any atom is 0.217 e. The molecule has 3 aromatic carbocycles. The molecule has 0 saturated heterocycles. The SMILES string of the molecule is COC1(OC)[C@@]2(Cl)C(Cl)=C(Cl)[C@@]1(Cl)[C@H]1[C@H]3[C@@H]([C@H]12)[C@@]1(c2ccccc2)C(=O)[C@@]3(C)C(c2ccccc2)=C1c1ccccc1. The summed E-state index contributed by atoms with van der Waals surface area (Å²) in [5.74, 6) is -2.46. The minimum atomic E-state index is -1.52. The van der Waals surface area contributed by atoms with Crippen LogP contribution in [0.1, 0.15) is 23.6 Å². The zero-order chi connectivity index (χ0) is 29.4.